The van der Waals surface area contributed by atoms with Gasteiger partial charge < -0.3 is 9.84 Å². The van der Waals surface area contributed by atoms with Crippen LogP contribution >= 0.6 is 27.3 Å². The van der Waals surface area contributed by atoms with Gasteiger partial charge in [0.2, 0.25) is 0 Å². The third-order valence-corrected chi connectivity index (χ3v) is 4.58. The zero-order chi connectivity index (χ0) is 13.1. The number of aliphatic hydroxyl groups excluding tert-OH is 1. The molecule has 1 aromatic heterocycles. The Labute approximate surface area is 116 Å². The standard InChI is InChI=1S/C13H21BrO2S/c1-5-16-12(13(2,3)4)10(15)8-11-9(14)6-7-17-11/h6-7,10,12,15H,5,8H2,1-4H3. The van der Waals surface area contributed by atoms with E-state index in [1.807, 2.05) is 18.4 Å². The smallest absolute Gasteiger partial charge is 0.0885 e. The van der Waals surface area contributed by atoms with E-state index in [-0.39, 0.29) is 11.5 Å². The van der Waals surface area contributed by atoms with Gasteiger partial charge in [-0.25, -0.2) is 0 Å². The quantitative estimate of drug-likeness (QED) is 0.892. The Morgan fingerprint density at radius 2 is 2.12 bits per heavy atom. The number of aliphatic hydroxyl groups is 1. The fourth-order valence-corrected chi connectivity index (χ4v) is 3.45. The van der Waals surface area contributed by atoms with Crippen LogP contribution in [-0.2, 0) is 11.2 Å². The maximum atomic E-state index is 10.3. The molecule has 0 saturated heterocycles. The number of thiophene rings is 1. The average Bonchev–Trinajstić information content (AvgIpc) is 2.59. The molecule has 98 valence electrons. The summed E-state index contributed by atoms with van der Waals surface area (Å²) in [5, 5.41) is 12.4. The summed E-state index contributed by atoms with van der Waals surface area (Å²) in [6, 6.07) is 2.01. The maximum Gasteiger partial charge on any atom is 0.0885 e. The topological polar surface area (TPSA) is 29.5 Å². The molecule has 1 heterocycles. The Morgan fingerprint density at radius 1 is 1.47 bits per heavy atom. The Morgan fingerprint density at radius 3 is 2.53 bits per heavy atom. The second-order valence-corrected chi connectivity index (χ2v) is 7.06. The molecule has 2 nitrogen and oxygen atoms in total. The van der Waals surface area contributed by atoms with Gasteiger partial charge in [-0.3, -0.25) is 0 Å². The molecule has 0 bridgehead atoms. The number of hydrogen-bond acceptors (Lipinski definition) is 3. The first-order valence-corrected chi connectivity index (χ1v) is 7.55. The Balaban J connectivity index is 2.72. The molecule has 0 radical (unpaired) electrons. The zero-order valence-electron chi connectivity index (χ0n) is 10.9. The molecule has 1 rings (SSSR count). The van der Waals surface area contributed by atoms with Crippen molar-refractivity contribution in [3.63, 3.8) is 0 Å². The monoisotopic (exact) mass is 320 g/mol. The van der Waals surface area contributed by atoms with Crippen LogP contribution in [0.2, 0.25) is 0 Å². The summed E-state index contributed by atoms with van der Waals surface area (Å²) in [4.78, 5) is 1.17. The molecule has 0 saturated carbocycles. The average molecular weight is 321 g/mol. The van der Waals surface area contributed by atoms with Gasteiger partial charge in [-0.05, 0) is 39.7 Å². The molecule has 0 aliphatic heterocycles. The summed E-state index contributed by atoms with van der Waals surface area (Å²) in [5.74, 6) is 0. The van der Waals surface area contributed by atoms with Crippen molar-refractivity contribution < 1.29 is 9.84 Å². The van der Waals surface area contributed by atoms with E-state index in [0.717, 1.165) is 4.47 Å². The van der Waals surface area contributed by atoms with E-state index in [9.17, 15) is 5.11 Å². The van der Waals surface area contributed by atoms with Crippen LogP contribution in [0, 0.1) is 5.41 Å². The van der Waals surface area contributed by atoms with Crippen LogP contribution in [0.4, 0.5) is 0 Å². The highest BCUT2D eigenvalue weighted by atomic mass is 79.9. The third kappa shape index (κ3) is 4.36. The largest absolute Gasteiger partial charge is 0.390 e. The highest BCUT2D eigenvalue weighted by molar-refractivity contribution is 9.10. The fourth-order valence-electron chi connectivity index (χ4n) is 1.89. The van der Waals surface area contributed by atoms with E-state index >= 15 is 0 Å². The molecule has 17 heavy (non-hydrogen) atoms. The highest BCUT2D eigenvalue weighted by Crippen LogP contribution is 2.30. The highest BCUT2D eigenvalue weighted by Gasteiger charge is 2.32. The second kappa shape index (κ2) is 6.32. The lowest BCUT2D eigenvalue weighted by atomic mass is 9.84. The van der Waals surface area contributed by atoms with Crippen LogP contribution < -0.4 is 0 Å². The minimum Gasteiger partial charge on any atom is -0.390 e. The predicted octanol–water partition coefficient (Wildman–Crippen LogP) is 3.87. The van der Waals surface area contributed by atoms with E-state index < -0.39 is 6.10 Å². The Bertz CT molecular complexity index is 343. The summed E-state index contributed by atoms with van der Waals surface area (Å²) in [6.45, 7) is 8.89. The lowest BCUT2D eigenvalue weighted by molar-refractivity contribution is -0.0871. The number of halogens is 1. The van der Waals surface area contributed by atoms with E-state index in [1.165, 1.54) is 4.88 Å². The first-order chi connectivity index (χ1) is 7.86. The van der Waals surface area contributed by atoms with Crippen LogP contribution in [0.5, 0.6) is 0 Å². The van der Waals surface area contributed by atoms with Crippen molar-refractivity contribution >= 4 is 27.3 Å². The van der Waals surface area contributed by atoms with E-state index in [0.29, 0.717) is 13.0 Å². The van der Waals surface area contributed by atoms with Gasteiger partial charge in [0.1, 0.15) is 0 Å². The van der Waals surface area contributed by atoms with Gasteiger partial charge in [0.25, 0.3) is 0 Å². The lowest BCUT2D eigenvalue weighted by Gasteiger charge is -2.34. The summed E-state index contributed by atoms with van der Waals surface area (Å²) in [7, 11) is 0. The van der Waals surface area contributed by atoms with Gasteiger partial charge in [0.15, 0.2) is 0 Å². The van der Waals surface area contributed by atoms with Gasteiger partial charge >= 0.3 is 0 Å². The Kier molecular flexibility index (Phi) is 5.64. The summed E-state index contributed by atoms with van der Waals surface area (Å²) >= 11 is 5.15. The molecule has 0 fully saturated rings. The van der Waals surface area contributed by atoms with E-state index in [1.54, 1.807) is 11.3 Å². The minimum atomic E-state index is -0.468. The predicted molar refractivity (Wildman–Crippen MR) is 76.6 cm³/mol. The second-order valence-electron chi connectivity index (χ2n) is 5.21. The minimum absolute atomic E-state index is 0.0564. The summed E-state index contributed by atoms with van der Waals surface area (Å²) in [6.07, 6.45) is 0.0339. The van der Waals surface area contributed by atoms with Crippen molar-refractivity contribution in [2.45, 2.75) is 46.3 Å². The normalized spacial score (nSPS) is 15.9. The zero-order valence-corrected chi connectivity index (χ0v) is 13.3. The van der Waals surface area contributed by atoms with Crippen LogP contribution in [0.3, 0.4) is 0 Å². The van der Waals surface area contributed by atoms with E-state index in [2.05, 4.69) is 36.7 Å². The number of ether oxygens (including phenoxy) is 1. The summed E-state index contributed by atoms with van der Waals surface area (Å²) < 4.78 is 6.77. The van der Waals surface area contributed by atoms with Gasteiger partial charge in [0.05, 0.1) is 12.2 Å². The van der Waals surface area contributed by atoms with Crippen molar-refractivity contribution in [2.24, 2.45) is 5.41 Å². The van der Waals surface area contributed by atoms with Crippen molar-refractivity contribution in [1.82, 2.24) is 0 Å². The van der Waals surface area contributed by atoms with E-state index in [4.69, 9.17) is 4.74 Å². The SMILES string of the molecule is CCOC(C(O)Cc1sccc1Br)C(C)(C)C. The molecule has 4 heteroatoms. The number of hydrogen-bond donors (Lipinski definition) is 1. The molecular weight excluding hydrogens is 300 g/mol. The Hall–Kier alpha value is 0.100. The van der Waals surface area contributed by atoms with Crippen LogP contribution in [0.25, 0.3) is 0 Å². The first-order valence-electron chi connectivity index (χ1n) is 5.87. The lowest BCUT2D eigenvalue weighted by Crippen LogP contribution is -2.41. The maximum absolute atomic E-state index is 10.3. The van der Waals surface area contributed by atoms with Gasteiger partial charge in [0, 0.05) is 22.4 Å². The molecule has 0 aliphatic rings. The van der Waals surface area contributed by atoms with Crippen LogP contribution in [-0.4, -0.2) is 23.9 Å². The van der Waals surface area contributed by atoms with Gasteiger partial charge in [-0.15, -0.1) is 11.3 Å². The molecule has 0 aromatic carbocycles. The van der Waals surface area contributed by atoms with Crippen molar-refractivity contribution in [1.29, 1.82) is 0 Å². The van der Waals surface area contributed by atoms with Crippen molar-refractivity contribution in [2.75, 3.05) is 6.61 Å². The molecule has 2 atom stereocenters. The van der Waals surface area contributed by atoms with Crippen LogP contribution in [0.15, 0.2) is 15.9 Å². The van der Waals surface area contributed by atoms with Gasteiger partial charge in [-0.2, -0.15) is 0 Å². The van der Waals surface area contributed by atoms with Crippen molar-refractivity contribution in [3.05, 3.63) is 20.8 Å². The third-order valence-electron chi connectivity index (χ3n) is 2.63. The summed E-state index contributed by atoms with van der Waals surface area (Å²) in [5.41, 5.74) is -0.0564. The molecule has 1 aromatic rings. The van der Waals surface area contributed by atoms with Crippen molar-refractivity contribution in [3.8, 4) is 0 Å². The molecule has 0 amide bonds. The fraction of sp³-hybridized carbons (Fsp3) is 0.692. The molecule has 2 unspecified atom stereocenters. The molecular formula is C13H21BrO2S. The molecule has 1 N–H and O–H groups in total. The molecule has 0 aliphatic carbocycles. The number of rotatable bonds is 5. The first kappa shape index (κ1) is 15.2. The molecule has 0 spiro atoms. The van der Waals surface area contributed by atoms with Crippen LogP contribution in [0.1, 0.15) is 32.6 Å². The van der Waals surface area contributed by atoms with Gasteiger partial charge in [-0.1, -0.05) is 20.8 Å².